The van der Waals surface area contributed by atoms with Crippen molar-refractivity contribution < 1.29 is 27.1 Å². The van der Waals surface area contributed by atoms with E-state index in [0.29, 0.717) is 5.56 Å². The van der Waals surface area contributed by atoms with Crippen LogP contribution in [0, 0.1) is 19.7 Å². The van der Waals surface area contributed by atoms with Gasteiger partial charge in [0, 0.05) is 13.6 Å². The fourth-order valence-electron chi connectivity index (χ4n) is 4.22. The van der Waals surface area contributed by atoms with Crippen molar-refractivity contribution in [3.05, 3.63) is 89.2 Å². The maximum absolute atomic E-state index is 14.0. The van der Waals surface area contributed by atoms with Gasteiger partial charge in [0.1, 0.15) is 24.2 Å². The predicted octanol–water partition coefficient (Wildman–Crippen LogP) is 4.20. The molecule has 0 bridgehead atoms. The molecule has 8 nitrogen and oxygen atoms in total. The first-order chi connectivity index (χ1) is 18.5. The monoisotopic (exact) mass is 555 g/mol. The third-order valence-corrected chi connectivity index (χ3v) is 8.16. The highest BCUT2D eigenvalue weighted by Crippen LogP contribution is 2.34. The average Bonchev–Trinajstić information content (AvgIpc) is 2.92. The summed E-state index contributed by atoms with van der Waals surface area (Å²) in [5.74, 6) is -1.16. The fourth-order valence-corrected chi connectivity index (χ4v) is 5.63. The van der Waals surface area contributed by atoms with Crippen molar-refractivity contribution in [2.75, 3.05) is 25.0 Å². The highest BCUT2D eigenvalue weighted by Gasteiger charge is 2.34. The van der Waals surface area contributed by atoms with Gasteiger partial charge in [-0.1, -0.05) is 42.8 Å². The summed E-state index contributed by atoms with van der Waals surface area (Å²) in [5, 5.41) is 2.57. The summed E-state index contributed by atoms with van der Waals surface area (Å²) in [5.41, 5.74) is 2.43. The molecule has 0 saturated carbocycles. The smallest absolute Gasteiger partial charge is 0.264 e. The molecular formula is C29H34FN3O5S. The Labute approximate surface area is 229 Å². The van der Waals surface area contributed by atoms with Gasteiger partial charge in [0.05, 0.1) is 17.7 Å². The van der Waals surface area contributed by atoms with E-state index in [2.05, 4.69) is 5.32 Å². The van der Waals surface area contributed by atoms with Crippen molar-refractivity contribution in [3.63, 3.8) is 0 Å². The molecule has 1 N–H and O–H groups in total. The summed E-state index contributed by atoms with van der Waals surface area (Å²) >= 11 is 0. The van der Waals surface area contributed by atoms with Crippen LogP contribution in [0.25, 0.3) is 0 Å². The summed E-state index contributed by atoms with van der Waals surface area (Å²) in [4.78, 5) is 28.1. The molecule has 0 aromatic heterocycles. The van der Waals surface area contributed by atoms with Crippen LogP contribution in [0.2, 0.25) is 0 Å². The topological polar surface area (TPSA) is 96.0 Å². The molecule has 208 valence electrons. The lowest BCUT2D eigenvalue weighted by Gasteiger charge is -2.33. The minimum atomic E-state index is -4.23. The van der Waals surface area contributed by atoms with E-state index in [1.807, 2.05) is 6.92 Å². The van der Waals surface area contributed by atoms with Crippen molar-refractivity contribution >= 4 is 27.5 Å². The second kappa shape index (κ2) is 12.8. The molecule has 3 aromatic carbocycles. The highest BCUT2D eigenvalue weighted by molar-refractivity contribution is 7.92. The molecule has 0 unspecified atom stereocenters. The van der Waals surface area contributed by atoms with Crippen LogP contribution < -0.4 is 14.4 Å². The van der Waals surface area contributed by atoms with E-state index in [-0.39, 0.29) is 29.3 Å². The van der Waals surface area contributed by atoms with E-state index in [9.17, 15) is 22.4 Å². The van der Waals surface area contributed by atoms with Crippen LogP contribution in [-0.2, 0) is 26.2 Å². The van der Waals surface area contributed by atoms with Gasteiger partial charge in [-0.05, 0) is 67.8 Å². The first-order valence-corrected chi connectivity index (χ1v) is 13.9. The van der Waals surface area contributed by atoms with Gasteiger partial charge < -0.3 is 15.0 Å². The van der Waals surface area contributed by atoms with E-state index in [1.165, 1.54) is 55.5 Å². The number of benzene rings is 3. The molecule has 3 aromatic rings. The zero-order chi connectivity index (χ0) is 28.7. The van der Waals surface area contributed by atoms with Gasteiger partial charge in [0.15, 0.2) is 0 Å². The Morgan fingerprint density at radius 2 is 1.59 bits per heavy atom. The normalized spacial score (nSPS) is 11.9. The van der Waals surface area contributed by atoms with Gasteiger partial charge in [-0.2, -0.15) is 0 Å². The largest absolute Gasteiger partial charge is 0.495 e. The highest BCUT2D eigenvalue weighted by atomic mass is 32.2. The first kappa shape index (κ1) is 29.6. The number of ether oxygens (including phenoxy) is 1. The average molecular weight is 556 g/mol. The summed E-state index contributed by atoms with van der Waals surface area (Å²) in [7, 11) is -1.34. The van der Waals surface area contributed by atoms with Gasteiger partial charge in [-0.25, -0.2) is 12.8 Å². The Hall–Kier alpha value is -3.92. The Morgan fingerprint density at radius 1 is 0.974 bits per heavy atom. The lowest BCUT2D eigenvalue weighted by Crippen LogP contribution is -2.51. The zero-order valence-corrected chi connectivity index (χ0v) is 23.6. The molecule has 2 amide bonds. The number of nitrogens with one attached hydrogen (secondary N) is 1. The molecule has 0 aliphatic heterocycles. The fraction of sp³-hybridized carbons (Fsp3) is 0.310. The van der Waals surface area contributed by atoms with Gasteiger partial charge in [0.2, 0.25) is 11.8 Å². The molecule has 39 heavy (non-hydrogen) atoms. The summed E-state index contributed by atoms with van der Waals surface area (Å²) in [6, 6.07) is 16.1. The summed E-state index contributed by atoms with van der Waals surface area (Å²) in [6.45, 7) is 4.80. The number of sulfonamides is 1. The SMILES string of the molecule is CC[C@H](C(=O)NC)N(Cc1ccc(F)cc1)C(=O)CN(c1cc(C)ccc1OC)S(=O)(=O)c1ccc(C)cc1. The molecule has 1 atom stereocenters. The minimum Gasteiger partial charge on any atom is -0.495 e. The number of rotatable bonds is 11. The standard InChI is InChI=1S/C29H34FN3O5S/c1-6-25(29(35)31-4)32(18-22-10-12-23(30)13-11-22)28(34)19-33(26-17-21(3)9-16-27(26)38-5)39(36,37)24-14-7-20(2)8-15-24/h7-17,25H,6,18-19H2,1-5H3,(H,31,35)/t25-/m1/s1. The molecule has 0 saturated heterocycles. The Bertz CT molecular complexity index is 1410. The number of methoxy groups -OCH3 is 1. The second-order valence-corrected chi connectivity index (χ2v) is 11.0. The Morgan fingerprint density at radius 3 is 2.15 bits per heavy atom. The Kier molecular flexibility index (Phi) is 9.69. The van der Waals surface area contributed by atoms with E-state index in [0.717, 1.165) is 15.4 Å². The lowest BCUT2D eigenvalue weighted by atomic mass is 10.1. The van der Waals surface area contributed by atoms with Crippen molar-refractivity contribution in [3.8, 4) is 5.75 Å². The maximum atomic E-state index is 14.0. The Balaban J connectivity index is 2.12. The molecule has 0 aliphatic rings. The maximum Gasteiger partial charge on any atom is 0.264 e. The molecule has 0 heterocycles. The number of hydrogen-bond donors (Lipinski definition) is 1. The second-order valence-electron chi connectivity index (χ2n) is 9.19. The number of carbonyl (C=O) groups excluding carboxylic acids is 2. The summed E-state index contributed by atoms with van der Waals surface area (Å²) in [6.07, 6.45) is 0.283. The first-order valence-electron chi connectivity index (χ1n) is 12.5. The number of amides is 2. The van der Waals surface area contributed by atoms with E-state index in [4.69, 9.17) is 4.74 Å². The molecule has 0 aliphatic carbocycles. The molecule has 0 fully saturated rings. The number of halogens is 1. The minimum absolute atomic E-state index is 0.00730. The van der Waals surface area contributed by atoms with Gasteiger partial charge in [-0.15, -0.1) is 0 Å². The number of nitrogens with zero attached hydrogens (tertiary/aromatic N) is 2. The zero-order valence-electron chi connectivity index (χ0n) is 22.8. The molecule has 10 heteroatoms. The van der Waals surface area contributed by atoms with Crippen molar-refractivity contribution in [2.24, 2.45) is 0 Å². The van der Waals surface area contributed by atoms with Crippen LogP contribution in [-0.4, -0.2) is 51.9 Å². The van der Waals surface area contributed by atoms with Crippen LogP contribution >= 0.6 is 0 Å². The van der Waals surface area contributed by atoms with E-state index in [1.54, 1.807) is 44.2 Å². The van der Waals surface area contributed by atoms with Gasteiger partial charge in [-0.3, -0.25) is 13.9 Å². The quantitative estimate of drug-likeness (QED) is 0.383. The molecule has 0 radical (unpaired) electrons. The third kappa shape index (κ3) is 6.94. The van der Waals surface area contributed by atoms with Crippen molar-refractivity contribution in [1.82, 2.24) is 10.2 Å². The van der Waals surface area contributed by atoms with Crippen LogP contribution in [0.1, 0.15) is 30.0 Å². The van der Waals surface area contributed by atoms with Crippen LogP contribution in [0.5, 0.6) is 5.75 Å². The van der Waals surface area contributed by atoms with E-state index >= 15 is 0 Å². The number of likely N-dealkylation sites (N-methyl/N-ethyl adjacent to an activating group) is 1. The molecule has 3 rings (SSSR count). The van der Waals surface area contributed by atoms with Crippen molar-refractivity contribution in [1.29, 1.82) is 0 Å². The lowest BCUT2D eigenvalue weighted by molar-refractivity contribution is -0.140. The van der Waals surface area contributed by atoms with Crippen LogP contribution in [0.4, 0.5) is 10.1 Å². The molecule has 0 spiro atoms. The van der Waals surface area contributed by atoms with E-state index < -0.39 is 40.2 Å². The number of carbonyl (C=O) groups is 2. The number of hydrogen-bond acceptors (Lipinski definition) is 5. The third-order valence-electron chi connectivity index (χ3n) is 6.39. The van der Waals surface area contributed by atoms with Crippen molar-refractivity contribution in [2.45, 2.75) is 44.7 Å². The number of aryl methyl sites for hydroxylation is 2. The molecular weight excluding hydrogens is 521 g/mol. The van der Waals surface area contributed by atoms with Crippen LogP contribution in [0.15, 0.2) is 71.6 Å². The summed E-state index contributed by atoms with van der Waals surface area (Å²) < 4.78 is 48.0. The van der Waals surface area contributed by atoms with Crippen LogP contribution in [0.3, 0.4) is 0 Å². The van der Waals surface area contributed by atoms with Gasteiger partial charge in [0.25, 0.3) is 10.0 Å². The van der Waals surface area contributed by atoms with Gasteiger partial charge >= 0.3 is 0 Å². The predicted molar refractivity (Wildman–Crippen MR) is 149 cm³/mol. The number of anilines is 1.